The van der Waals surface area contributed by atoms with E-state index in [1.54, 1.807) is 13.3 Å². The lowest BCUT2D eigenvalue weighted by Crippen LogP contribution is -2.28. The quantitative estimate of drug-likeness (QED) is 0.473. The molecule has 0 saturated heterocycles. The van der Waals surface area contributed by atoms with Crippen LogP contribution in [0.25, 0.3) is 0 Å². The molecule has 0 unspecified atom stereocenters. The highest BCUT2D eigenvalue weighted by atomic mass is 32.1. The van der Waals surface area contributed by atoms with Crippen LogP contribution < -0.4 is 15.5 Å². The minimum absolute atomic E-state index is 0.488. The number of thiocarbonyl (C=S) groups is 1. The maximum Gasteiger partial charge on any atom is 0.186 e. The van der Waals surface area contributed by atoms with Gasteiger partial charge in [-0.3, -0.25) is 5.43 Å². The van der Waals surface area contributed by atoms with Gasteiger partial charge in [0.15, 0.2) is 5.11 Å². The number of nitrogens with zero attached hydrogens (tertiary/aromatic N) is 1. The van der Waals surface area contributed by atoms with Gasteiger partial charge in [-0.1, -0.05) is 0 Å². The topological polar surface area (TPSA) is 45.6 Å². The van der Waals surface area contributed by atoms with Crippen LogP contribution in [0.5, 0.6) is 5.75 Å². The average molecular weight is 237 g/mol. The third-order valence-electron chi connectivity index (χ3n) is 1.80. The van der Waals surface area contributed by atoms with Crippen molar-refractivity contribution in [1.29, 1.82) is 0 Å². The molecule has 0 radical (unpaired) electrons. The number of hydrogen-bond donors (Lipinski definition) is 2. The first-order valence-electron chi connectivity index (χ1n) is 5.00. The molecule has 1 aromatic carbocycles. The zero-order valence-electron chi connectivity index (χ0n) is 9.36. The first-order valence-corrected chi connectivity index (χ1v) is 5.40. The fraction of sp³-hybridized carbons (Fsp3) is 0.273. The minimum atomic E-state index is 0.488. The Bertz CT molecular complexity index is 362. The van der Waals surface area contributed by atoms with Crippen molar-refractivity contribution in [1.82, 2.24) is 10.7 Å². The number of benzene rings is 1. The molecule has 16 heavy (non-hydrogen) atoms. The third kappa shape index (κ3) is 4.27. The number of hydrazone groups is 1. The molecule has 5 heteroatoms. The minimum Gasteiger partial charge on any atom is -0.494 e. The first-order chi connectivity index (χ1) is 7.76. The van der Waals surface area contributed by atoms with E-state index in [4.69, 9.17) is 17.0 Å². The molecule has 0 bridgehead atoms. The second kappa shape index (κ2) is 6.79. The summed E-state index contributed by atoms with van der Waals surface area (Å²) in [6, 6.07) is 7.67. The molecular formula is C11H15N3OS. The van der Waals surface area contributed by atoms with E-state index in [9.17, 15) is 0 Å². The van der Waals surface area contributed by atoms with Crippen molar-refractivity contribution in [3.63, 3.8) is 0 Å². The summed E-state index contributed by atoms with van der Waals surface area (Å²) in [7, 11) is 1.74. The van der Waals surface area contributed by atoms with Gasteiger partial charge in [0.2, 0.25) is 0 Å². The standard InChI is InChI=1S/C11H15N3OS/c1-3-15-10-6-4-9(5-7-10)8-13-14-11(16)12-2/h4-8H,3H2,1-2H3,(H2,12,14,16)/b13-8+. The molecule has 0 fully saturated rings. The van der Waals surface area contributed by atoms with Crippen molar-refractivity contribution < 1.29 is 4.74 Å². The molecule has 0 aliphatic rings. The molecule has 0 spiro atoms. The Labute approximate surface area is 101 Å². The number of hydrogen-bond acceptors (Lipinski definition) is 3. The highest BCUT2D eigenvalue weighted by Crippen LogP contribution is 2.10. The largest absolute Gasteiger partial charge is 0.494 e. The Morgan fingerprint density at radius 1 is 1.44 bits per heavy atom. The smallest absolute Gasteiger partial charge is 0.186 e. The predicted molar refractivity (Wildman–Crippen MR) is 70.0 cm³/mol. The van der Waals surface area contributed by atoms with Gasteiger partial charge < -0.3 is 10.1 Å². The van der Waals surface area contributed by atoms with Crippen LogP contribution in [0.2, 0.25) is 0 Å². The van der Waals surface area contributed by atoms with Crippen LogP contribution in [0.4, 0.5) is 0 Å². The average Bonchev–Trinajstić information content (AvgIpc) is 2.31. The Hall–Kier alpha value is -1.62. The van der Waals surface area contributed by atoms with Crippen molar-refractivity contribution >= 4 is 23.5 Å². The zero-order chi connectivity index (χ0) is 11.8. The van der Waals surface area contributed by atoms with Gasteiger partial charge in [0.25, 0.3) is 0 Å². The lowest BCUT2D eigenvalue weighted by atomic mass is 10.2. The molecule has 0 aliphatic carbocycles. The molecule has 86 valence electrons. The van der Waals surface area contributed by atoms with Crippen LogP contribution in [-0.2, 0) is 0 Å². The molecule has 0 aromatic heterocycles. The summed E-state index contributed by atoms with van der Waals surface area (Å²) < 4.78 is 5.33. The fourth-order valence-electron chi connectivity index (χ4n) is 1.04. The summed E-state index contributed by atoms with van der Waals surface area (Å²) in [5, 5.41) is 7.22. The molecule has 2 N–H and O–H groups in total. The van der Waals surface area contributed by atoms with Crippen molar-refractivity contribution in [3.8, 4) is 5.75 Å². The van der Waals surface area contributed by atoms with Gasteiger partial charge in [0, 0.05) is 7.05 Å². The molecule has 1 rings (SSSR count). The summed E-state index contributed by atoms with van der Waals surface area (Å²) in [5.74, 6) is 0.860. The molecular weight excluding hydrogens is 222 g/mol. The van der Waals surface area contributed by atoms with Gasteiger partial charge >= 0.3 is 0 Å². The normalized spacial score (nSPS) is 10.1. The first kappa shape index (κ1) is 12.4. The van der Waals surface area contributed by atoms with Gasteiger partial charge in [-0.2, -0.15) is 5.10 Å². The zero-order valence-corrected chi connectivity index (χ0v) is 10.2. The van der Waals surface area contributed by atoms with Gasteiger partial charge in [0.05, 0.1) is 12.8 Å². The van der Waals surface area contributed by atoms with E-state index in [2.05, 4.69) is 15.8 Å². The summed E-state index contributed by atoms with van der Waals surface area (Å²) in [6.45, 7) is 2.63. The highest BCUT2D eigenvalue weighted by Gasteiger charge is 1.92. The van der Waals surface area contributed by atoms with E-state index < -0.39 is 0 Å². The molecule has 1 aromatic rings. The fourth-order valence-corrected chi connectivity index (χ4v) is 1.09. The Morgan fingerprint density at radius 2 is 2.12 bits per heavy atom. The van der Waals surface area contributed by atoms with Gasteiger partial charge in [0.1, 0.15) is 5.75 Å². The summed E-state index contributed by atoms with van der Waals surface area (Å²) >= 11 is 4.87. The van der Waals surface area contributed by atoms with E-state index in [0.29, 0.717) is 11.7 Å². The number of ether oxygens (including phenoxy) is 1. The van der Waals surface area contributed by atoms with Crippen molar-refractivity contribution in [2.45, 2.75) is 6.92 Å². The van der Waals surface area contributed by atoms with Gasteiger partial charge in [-0.15, -0.1) is 0 Å². The number of nitrogens with one attached hydrogen (secondary N) is 2. The summed E-state index contributed by atoms with van der Waals surface area (Å²) in [5.41, 5.74) is 3.66. The molecule has 0 heterocycles. The second-order valence-electron chi connectivity index (χ2n) is 2.95. The Morgan fingerprint density at radius 3 is 2.69 bits per heavy atom. The Kier molecular flexibility index (Phi) is 5.28. The predicted octanol–water partition coefficient (Wildman–Crippen LogP) is 1.51. The maximum atomic E-state index is 5.33. The Balaban J connectivity index is 2.51. The van der Waals surface area contributed by atoms with Crippen LogP contribution >= 0.6 is 12.2 Å². The van der Waals surface area contributed by atoms with Crippen molar-refractivity contribution in [2.24, 2.45) is 5.10 Å². The number of rotatable bonds is 4. The van der Waals surface area contributed by atoms with Crippen molar-refractivity contribution in [3.05, 3.63) is 29.8 Å². The van der Waals surface area contributed by atoms with Crippen molar-refractivity contribution in [2.75, 3.05) is 13.7 Å². The summed E-state index contributed by atoms with van der Waals surface area (Å²) in [4.78, 5) is 0. The second-order valence-corrected chi connectivity index (χ2v) is 3.36. The molecule has 0 aliphatic heterocycles. The van der Waals surface area contributed by atoms with Gasteiger partial charge in [-0.05, 0) is 49.0 Å². The monoisotopic (exact) mass is 237 g/mol. The van der Waals surface area contributed by atoms with Crippen LogP contribution in [0.15, 0.2) is 29.4 Å². The van der Waals surface area contributed by atoms with E-state index in [0.717, 1.165) is 11.3 Å². The molecule has 0 atom stereocenters. The lowest BCUT2D eigenvalue weighted by Gasteiger charge is -2.02. The van der Waals surface area contributed by atoms with E-state index in [1.165, 1.54) is 0 Å². The molecule has 0 saturated carbocycles. The lowest BCUT2D eigenvalue weighted by molar-refractivity contribution is 0.340. The van der Waals surface area contributed by atoms with Crippen LogP contribution in [0.1, 0.15) is 12.5 Å². The van der Waals surface area contributed by atoms with E-state index >= 15 is 0 Å². The van der Waals surface area contributed by atoms with Crippen LogP contribution in [0.3, 0.4) is 0 Å². The van der Waals surface area contributed by atoms with E-state index in [-0.39, 0.29) is 0 Å². The van der Waals surface area contributed by atoms with Crippen LogP contribution in [0, 0.1) is 0 Å². The maximum absolute atomic E-state index is 5.33. The molecule has 4 nitrogen and oxygen atoms in total. The SMILES string of the molecule is CCOc1ccc(/C=N/NC(=S)NC)cc1. The molecule has 0 amide bonds. The van der Waals surface area contributed by atoms with Crippen LogP contribution in [-0.4, -0.2) is 25.0 Å². The summed E-state index contributed by atoms with van der Waals surface area (Å²) in [6.07, 6.45) is 1.69. The highest BCUT2D eigenvalue weighted by molar-refractivity contribution is 7.80. The van der Waals surface area contributed by atoms with Gasteiger partial charge in [-0.25, -0.2) is 0 Å². The van der Waals surface area contributed by atoms with E-state index in [1.807, 2.05) is 31.2 Å². The third-order valence-corrected chi connectivity index (χ3v) is 2.09.